The summed E-state index contributed by atoms with van der Waals surface area (Å²) in [5, 5.41) is 4.04. The van der Waals surface area contributed by atoms with Gasteiger partial charge in [-0.05, 0) is 37.6 Å². The lowest BCUT2D eigenvalue weighted by Crippen LogP contribution is -1.97. The first-order valence-electron chi connectivity index (χ1n) is 3.74. The maximum atomic E-state index is 5.79. The monoisotopic (exact) mass is 169 g/mol. The van der Waals surface area contributed by atoms with Gasteiger partial charge in [-0.1, -0.05) is 11.6 Å². The van der Waals surface area contributed by atoms with E-state index < -0.39 is 0 Å². The molecule has 0 aliphatic heterocycles. The van der Waals surface area contributed by atoms with E-state index in [4.69, 9.17) is 11.6 Å². The summed E-state index contributed by atoms with van der Waals surface area (Å²) in [7, 11) is 0. The Hall–Kier alpha value is -0.690. The molecule has 0 fully saturated rings. The van der Waals surface area contributed by atoms with E-state index in [0.717, 1.165) is 17.3 Å². The van der Waals surface area contributed by atoms with Crippen molar-refractivity contribution in [2.75, 3.05) is 11.9 Å². The van der Waals surface area contributed by atoms with Gasteiger partial charge in [0.1, 0.15) is 0 Å². The van der Waals surface area contributed by atoms with E-state index in [0.29, 0.717) is 0 Å². The molecule has 2 heteroatoms. The van der Waals surface area contributed by atoms with Crippen LogP contribution in [0.1, 0.15) is 12.5 Å². The van der Waals surface area contributed by atoms with Gasteiger partial charge in [0, 0.05) is 17.3 Å². The maximum absolute atomic E-state index is 5.79. The SMILES string of the molecule is CCNc1ccc(Cl)cc1C. The minimum absolute atomic E-state index is 0.796. The molecule has 0 atom stereocenters. The van der Waals surface area contributed by atoms with Crippen molar-refractivity contribution in [3.63, 3.8) is 0 Å². The van der Waals surface area contributed by atoms with E-state index >= 15 is 0 Å². The van der Waals surface area contributed by atoms with Gasteiger partial charge in [-0.2, -0.15) is 0 Å². The van der Waals surface area contributed by atoms with Crippen molar-refractivity contribution in [2.45, 2.75) is 13.8 Å². The van der Waals surface area contributed by atoms with Crippen LogP contribution < -0.4 is 5.32 Å². The lowest BCUT2D eigenvalue weighted by atomic mass is 10.2. The van der Waals surface area contributed by atoms with Gasteiger partial charge in [0.15, 0.2) is 0 Å². The van der Waals surface area contributed by atoms with Crippen LogP contribution in [0.15, 0.2) is 18.2 Å². The molecule has 0 saturated heterocycles. The summed E-state index contributed by atoms with van der Waals surface area (Å²) in [4.78, 5) is 0. The second-order valence-electron chi connectivity index (χ2n) is 2.49. The fourth-order valence-electron chi connectivity index (χ4n) is 1.02. The summed E-state index contributed by atoms with van der Waals surface area (Å²) < 4.78 is 0. The number of hydrogen-bond donors (Lipinski definition) is 1. The highest BCUT2D eigenvalue weighted by Gasteiger charge is 1.95. The van der Waals surface area contributed by atoms with E-state index in [1.165, 1.54) is 5.56 Å². The largest absolute Gasteiger partial charge is 0.385 e. The van der Waals surface area contributed by atoms with Crippen LogP contribution in [0, 0.1) is 6.92 Å². The smallest absolute Gasteiger partial charge is 0.0410 e. The van der Waals surface area contributed by atoms with Crippen molar-refractivity contribution < 1.29 is 0 Å². The van der Waals surface area contributed by atoms with Crippen LogP contribution in [0.25, 0.3) is 0 Å². The van der Waals surface area contributed by atoms with Gasteiger partial charge in [-0.25, -0.2) is 0 Å². The summed E-state index contributed by atoms with van der Waals surface area (Å²) in [5.41, 5.74) is 2.36. The number of halogens is 1. The summed E-state index contributed by atoms with van der Waals surface area (Å²) in [6.45, 7) is 5.07. The average Bonchev–Trinajstić information content (AvgIpc) is 1.95. The molecule has 0 heterocycles. The Kier molecular flexibility index (Phi) is 2.77. The van der Waals surface area contributed by atoms with E-state index in [1.807, 2.05) is 25.1 Å². The Bertz CT molecular complexity index is 245. The molecule has 1 aromatic carbocycles. The number of hydrogen-bond acceptors (Lipinski definition) is 1. The molecule has 60 valence electrons. The molecule has 1 aromatic rings. The van der Waals surface area contributed by atoms with Gasteiger partial charge in [0.2, 0.25) is 0 Å². The fourth-order valence-corrected chi connectivity index (χ4v) is 1.24. The van der Waals surface area contributed by atoms with Crippen molar-refractivity contribution in [1.29, 1.82) is 0 Å². The Balaban J connectivity index is 2.90. The van der Waals surface area contributed by atoms with Crippen LogP contribution in [-0.4, -0.2) is 6.54 Å². The number of aryl methyl sites for hydroxylation is 1. The lowest BCUT2D eigenvalue weighted by molar-refractivity contribution is 1.20. The van der Waals surface area contributed by atoms with Crippen LogP contribution in [0.5, 0.6) is 0 Å². The van der Waals surface area contributed by atoms with Gasteiger partial charge < -0.3 is 5.32 Å². The molecule has 0 amide bonds. The predicted octanol–water partition coefficient (Wildman–Crippen LogP) is 3.08. The van der Waals surface area contributed by atoms with Gasteiger partial charge in [0.05, 0.1) is 0 Å². The first kappa shape index (κ1) is 8.41. The predicted molar refractivity (Wildman–Crippen MR) is 50.4 cm³/mol. The van der Waals surface area contributed by atoms with Crippen LogP contribution in [0.4, 0.5) is 5.69 Å². The number of benzene rings is 1. The molecule has 0 spiro atoms. The molecule has 11 heavy (non-hydrogen) atoms. The fraction of sp³-hybridized carbons (Fsp3) is 0.333. The van der Waals surface area contributed by atoms with Crippen LogP contribution in [-0.2, 0) is 0 Å². The number of anilines is 1. The second-order valence-corrected chi connectivity index (χ2v) is 2.93. The third-order valence-corrected chi connectivity index (χ3v) is 1.79. The Labute approximate surface area is 72.4 Å². The zero-order valence-corrected chi connectivity index (χ0v) is 7.57. The molecule has 1 rings (SSSR count). The Morgan fingerprint density at radius 1 is 1.45 bits per heavy atom. The molecule has 0 aromatic heterocycles. The molecule has 0 aliphatic carbocycles. The standard InChI is InChI=1S/C9H12ClN/c1-3-11-9-5-4-8(10)6-7(9)2/h4-6,11H,3H2,1-2H3. The Morgan fingerprint density at radius 3 is 2.73 bits per heavy atom. The molecule has 1 nitrogen and oxygen atoms in total. The third kappa shape index (κ3) is 2.12. The van der Waals surface area contributed by atoms with E-state index in [-0.39, 0.29) is 0 Å². The summed E-state index contributed by atoms with van der Waals surface area (Å²) in [5.74, 6) is 0. The van der Waals surface area contributed by atoms with Gasteiger partial charge >= 0.3 is 0 Å². The third-order valence-electron chi connectivity index (χ3n) is 1.56. The van der Waals surface area contributed by atoms with Crippen molar-refractivity contribution in [1.82, 2.24) is 0 Å². The van der Waals surface area contributed by atoms with E-state index in [9.17, 15) is 0 Å². The first-order valence-corrected chi connectivity index (χ1v) is 4.12. The summed E-state index contributed by atoms with van der Waals surface area (Å²) in [6.07, 6.45) is 0. The van der Waals surface area contributed by atoms with Crippen LogP contribution in [0.3, 0.4) is 0 Å². The molecular formula is C9H12ClN. The molecule has 0 saturated carbocycles. The maximum Gasteiger partial charge on any atom is 0.0410 e. The van der Waals surface area contributed by atoms with Crippen molar-refractivity contribution >= 4 is 17.3 Å². The van der Waals surface area contributed by atoms with Gasteiger partial charge in [0.25, 0.3) is 0 Å². The van der Waals surface area contributed by atoms with Crippen molar-refractivity contribution in [3.8, 4) is 0 Å². The number of rotatable bonds is 2. The minimum Gasteiger partial charge on any atom is -0.385 e. The van der Waals surface area contributed by atoms with Gasteiger partial charge in [-0.3, -0.25) is 0 Å². The molecule has 0 unspecified atom stereocenters. The first-order chi connectivity index (χ1) is 5.24. The van der Waals surface area contributed by atoms with Crippen molar-refractivity contribution in [2.24, 2.45) is 0 Å². The average molecular weight is 170 g/mol. The minimum atomic E-state index is 0.796. The highest BCUT2D eigenvalue weighted by Crippen LogP contribution is 2.18. The molecule has 0 radical (unpaired) electrons. The van der Waals surface area contributed by atoms with Crippen LogP contribution in [0.2, 0.25) is 5.02 Å². The lowest BCUT2D eigenvalue weighted by Gasteiger charge is -2.06. The molecule has 1 N–H and O–H groups in total. The highest BCUT2D eigenvalue weighted by molar-refractivity contribution is 6.30. The molecule has 0 aliphatic rings. The van der Waals surface area contributed by atoms with E-state index in [1.54, 1.807) is 0 Å². The van der Waals surface area contributed by atoms with E-state index in [2.05, 4.69) is 12.2 Å². The van der Waals surface area contributed by atoms with Crippen molar-refractivity contribution in [3.05, 3.63) is 28.8 Å². The normalized spacial score (nSPS) is 9.73. The molecule has 0 bridgehead atoms. The quantitative estimate of drug-likeness (QED) is 0.718. The zero-order chi connectivity index (χ0) is 8.27. The highest BCUT2D eigenvalue weighted by atomic mass is 35.5. The molecular weight excluding hydrogens is 158 g/mol. The summed E-state index contributed by atoms with van der Waals surface area (Å²) in [6, 6.07) is 5.85. The topological polar surface area (TPSA) is 12.0 Å². The second kappa shape index (κ2) is 3.63. The number of nitrogens with one attached hydrogen (secondary N) is 1. The Morgan fingerprint density at radius 2 is 2.18 bits per heavy atom. The zero-order valence-electron chi connectivity index (χ0n) is 6.82. The summed E-state index contributed by atoms with van der Waals surface area (Å²) >= 11 is 5.79. The van der Waals surface area contributed by atoms with Gasteiger partial charge in [-0.15, -0.1) is 0 Å². The van der Waals surface area contributed by atoms with Crippen LogP contribution >= 0.6 is 11.6 Å².